The van der Waals surface area contributed by atoms with Gasteiger partial charge < -0.3 is 14.8 Å². The van der Waals surface area contributed by atoms with Gasteiger partial charge in [-0.1, -0.05) is 18.5 Å². The van der Waals surface area contributed by atoms with Crippen LogP contribution in [0.25, 0.3) is 0 Å². The number of halogens is 2. The van der Waals surface area contributed by atoms with Crippen LogP contribution in [0.3, 0.4) is 0 Å². The first-order chi connectivity index (χ1) is 8.97. The first-order valence-electron chi connectivity index (χ1n) is 6.23. The SMILES string of the molecule is CN=C(NCC(C)SC)N(C)Cc1cc(Cl)cn1C.I. The third kappa shape index (κ3) is 6.13. The summed E-state index contributed by atoms with van der Waals surface area (Å²) < 4.78 is 2.04. The van der Waals surface area contributed by atoms with Gasteiger partial charge >= 0.3 is 0 Å². The molecule has 0 aliphatic rings. The lowest BCUT2D eigenvalue weighted by Gasteiger charge is -2.23. The van der Waals surface area contributed by atoms with Crippen LogP contribution in [0.4, 0.5) is 0 Å². The van der Waals surface area contributed by atoms with Gasteiger partial charge in [-0.05, 0) is 12.3 Å². The molecule has 0 saturated heterocycles. The first kappa shape index (κ1) is 19.9. The van der Waals surface area contributed by atoms with Gasteiger partial charge in [-0.25, -0.2) is 0 Å². The molecule has 116 valence electrons. The highest BCUT2D eigenvalue weighted by Gasteiger charge is 2.10. The Morgan fingerprint density at radius 3 is 2.70 bits per heavy atom. The van der Waals surface area contributed by atoms with Gasteiger partial charge in [0.1, 0.15) is 0 Å². The van der Waals surface area contributed by atoms with Crippen molar-refractivity contribution in [1.82, 2.24) is 14.8 Å². The van der Waals surface area contributed by atoms with Crippen molar-refractivity contribution < 1.29 is 0 Å². The quantitative estimate of drug-likeness (QED) is 0.443. The van der Waals surface area contributed by atoms with Crippen LogP contribution in [0, 0.1) is 0 Å². The highest BCUT2D eigenvalue weighted by Crippen LogP contribution is 2.14. The van der Waals surface area contributed by atoms with E-state index in [0.29, 0.717) is 5.25 Å². The summed E-state index contributed by atoms with van der Waals surface area (Å²) in [6, 6.07) is 1.98. The number of nitrogens with zero attached hydrogens (tertiary/aromatic N) is 3. The van der Waals surface area contributed by atoms with Crippen LogP contribution in [-0.2, 0) is 13.6 Å². The Labute approximate surface area is 148 Å². The molecule has 1 rings (SSSR count). The molecule has 0 fully saturated rings. The van der Waals surface area contributed by atoms with Crippen molar-refractivity contribution in [3.8, 4) is 0 Å². The van der Waals surface area contributed by atoms with E-state index >= 15 is 0 Å². The zero-order chi connectivity index (χ0) is 14.4. The van der Waals surface area contributed by atoms with Crippen LogP contribution < -0.4 is 5.32 Å². The maximum Gasteiger partial charge on any atom is 0.193 e. The Balaban J connectivity index is 0.00000361. The second kappa shape index (κ2) is 9.78. The molecule has 4 nitrogen and oxygen atoms in total. The Bertz CT molecular complexity index is 436. The minimum absolute atomic E-state index is 0. The second-order valence-electron chi connectivity index (χ2n) is 4.59. The highest BCUT2D eigenvalue weighted by atomic mass is 127. The second-order valence-corrected chi connectivity index (χ2v) is 6.30. The lowest BCUT2D eigenvalue weighted by molar-refractivity contribution is 0.462. The molecule has 0 aliphatic carbocycles. The van der Waals surface area contributed by atoms with Crippen molar-refractivity contribution in [2.75, 3.05) is 26.9 Å². The molecule has 0 amide bonds. The number of aromatic nitrogens is 1. The Kier molecular flexibility index (Phi) is 9.74. The summed E-state index contributed by atoms with van der Waals surface area (Å²) in [6.45, 7) is 3.88. The van der Waals surface area contributed by atoms with E-state index in [2.05, 4.69) is 28.4 Å². The Morgan fingerprint density at radius 2 is 2.25 bits per heavy atom. The molecule has 1 unspecified atom stereocenters. The normalized spacial score (nSPS) is 12.8. The molecule has 1 N–H and O–H groups in total. The molecule has 1 heterocycles. The van der Waals surface area contributed by atoms with Crippen LogP contribution in [0.5, 0.6) is 0 Å². The van der Waals surface area contributed by atoms with E-state index in [1.807, 2.05) is 42.7 Å². The molecule has 1 aromatic rings. The number of rotatable bonds is 5. The molecule has 0 saturated carbocycles. The highest BCUT2D eigenvalue weighted by molar-refractivity contribution is 14.0. The third-order valence-electron chi connectivity index (χ3n) is 3.00. The number of guanidine groups is 1. The van der Waals surface area contributed by atoms with Gasteiger partial charge in [-0.15, -0.1) is 24.0 Å². The molecule has 0 bridgehead atoms. The lowest BCUT2D eigenvalue weighted by Crippen LogP contribution is -2.41. The number of nitrogens with one attached hydrogen (secondary N) is 1. The monoisotopic (exact) mass is 430 g/mol. The van der Waals surface area contributed by atoms with Gasteiger partial charge in [-0.3, -0.25) is 4.99 Å². The van der Waals surface area contributed by atoms with Gasteiger partial charge in [-0.2, -0.15) is 11.8 Å². The molecular weight excluding hydrogens is 407 g/mol. The molecule has 0 spiro atoms. The van der Waals surface area contributed by atoms with Crippen molar-refractivity contribution in [1.29, 1.82) is 0 Å². The number of hydrogen-bond donors (Lipinski definition) is 1. The zero-order valence-corrected chi connectivity index (χ0v) is 16.6. The maximum absolute atomic E-state index is 6.00. The minimum Gasteiger partial charge on any atom is -0.355 e. The van der Waals surface area contributed by atoms with Crippen molar-refractivity contribution in [3.05, 3.63) is 23.0 Å². The average Bonchev–Trinajstić information content (AvgIpc) is 2.68. The lowest BCUT2D eigenvalue weighted by atomic mass is 10.4. The molecule has 0 aromatic carbocycles. The molecule has 1 atom stereocenters. The topological polar surface area (TPSA) is 32.6 Å². The van der Waals surface area contributed by atoms with Gasteiger partial charge in [0, 0.05) is 44.8 Å². The summed E-state index contributed by atoms with van der Waals surface area (Å²) in [5.74, 6) is 0.901. The van der Waals surface area contributed by atoms with E-state index in [1.54, 1.807) is 7.05 Å². The van der Waals surface area contributed by atoms with Crippen molar-refractivity contribution in [2.45, 2.75) is 18.7 Å². The van der Waals surface area contributed by atoms with Crippen LogP contribution in [0.15, 0.2) is 17.3 Å². The van der Waals surface area contributed by atoms with Crippen molar-refractivity contribution in [3.63, 3.8) is 0 Å². The minimum atomic E-state index is 0. The summed E-state index contributed by atoms with van der Waals surface area (Å²) in [7, 11) is 5.83. The zero-order valence-electron chi connectivity index (χ0n) is 12.7. The Hall–Kier alpha value is -0.0800. The van der Waals surface area contributed by atoms with E-state index in [4.69, 9.17) is 11.6 Å². The average molecular weight is 431 g/mol. The summed E-state index contributed by atoms with van der Waals surface area (Å²) in [5.41, 5.74) is 1.16. The fourth-order valence-corrected chi connectivity index (χ4v) is 2.27. The van der Waals surface area contributed by atoms with Gasteiger partial charge in [0.2, 0.25) is 0 Å². The molecule has 7 heteroatoms. The van der Waals surface area contributed by atoms with Gasteiger partial charge in [0.25, 0.3) is 0 Å². The molecule has 0 aliphatic heterocycles. The van der Waals surface area contributed by atoms with E-state index in [0.717, 1.165) is 29.8 Å². The number of thioether (sulfide) groups is 1. The summed E-state index contributed by atoms with van der Waals surface area (Å²) in [5, 5.41) is 4.71. The molecule has 1 aromatic heterocycles. The van der Waals surface area contributed by atoms with E-state index in [1.165, 1.54) is 0 Å². The van der Waals surface area contributed by atoms with Crippen molar-refractivity contribution in [2.24, 2.45) is 12.0 Å². The fraction of sp³-hybridized carbons (Fsp3) is 0.615. The maximum atomic E-state index is 6.00. The van der Waals surface area contributed by atoms with E-state index in [9.17, 15) is 0 Å². The predicted molar refractivity (Wildman–Crippen MR) is 102 cm³/mol. The standard InChI is InChI=1S/C13H23ClN4S.HI/c1-10(19-5)7-16-13(15-2)18(4)9-12-6-11(14)8-17(12)3;/h6,8,10H,7,9H2,1-5H3,(H,15,16);1H. The number of hydrogen-bond acceptors (Lipinski definition) is 2. The molecular formula is C13H24ClIN4S. The number of aliphatic imine (C=N–C) groups is 1. The fourth-order valence-electron chi connectivity index (χ4n) is 1.74. The van der Waals surface area contributed by atoms with Gasteiger partial charge in [0.15, 0.2) is 5.96 Å². The van der Waals surface area contributed by atoms with E-state index < -0.39 is 0 Å². The number of aryl methyl sites for hydroxylation is 1. The van der Waals surface area contributed by atoms with Crippen LogP contribution in [0.2, 0.25) is 5.02 Å². The summed E-state index contributed by atoms with van der Waals surface area (Å²) in [6.07, 6.45) is 4.03. The smallest absolute Gasteiger partial charge is 0.193 e. The largest absolute Gasteiger partial charge is 0.355 e. The van der Waals surface area contributed by atoms with E-state index in [-0.39, 0.29) is 24.0 Å². The third-order valence-corrected chi connectivity index (χ3v) is 4.18. The van der Waals surface area contributed by atoms with Crippen molar-refractivity contribution >= 4 is 53.3 Å². The predicted octanol–water partition coefficient (Wildman–Crippen LogP) is 3.06. The first-order valence-corrected chi connectivity index (χ1v) is 7.89. The van der Waals surface area contributed by atoms with Crippen LogP contribution >= 0.6 is 47.3 Å². The Morgan fingerprint density at radius 1 is 1.60 bits per heavy atom. The summed E-state index contributed by atoms with van der Waals surface area (Å²) in [4.78, 5) is 6.40. The molecule has 20 heavy (non-hydrogen) atoms. The molecule has 0 radical (unpaired) electrons. The van der Waals surface area contributed by atoms with Crippen LogP contribution in [0.1, 0.15) is 12.6 Å². The van der Waals surface area contributed by atoms with Gasteiger partial charge in [0.05, 0.1) is 11.6 Å². The van der Waals surface area contributed by atoms with Crippen LogP contribution in [-0.4, -0.2) is 47.6 Å². The summed E-state index contributed by atoms with van der Waals surface area (Å²) >= 11 is 7.84.